The summed E-state index contributed by atoms with van der Waals surface area (Å²) in [7, 11) is 0. The van der Waals surface area contributed by atoms with Gasteiger partial charge in [-0.1, -0.05) is 5.16 Å². The minimum absolute atomic E-state index is 0.677. The second-order valence-corrected chi connectivity index (χ2v) is 1.45. The van der Waals surface area contributed by atoms with Crippen LogP contribution in [0.15, 0.2) is 5.16 Å². The van der Waals surface area contributed by atoms with E-state index >= 15 is 0 Å². The molecule has 0 saturated heterocycles. The maximum absolute atomic E-state index is 4.71. The molecule has 0 N–H and O–H groups in total. The molecule has 1 aliphatic rings. The van der Waals surface area contributed by atoms with E-state index in [1.807, 2.05) is 0 Å². The number of hydrogen-bond donors (Lipinski definition) is 0. The van der Waals surface area contributed by atoms with Crippen LogP contribution >= 0.6 is 0 Å². The minimum Gasteiger partial charge on any atom is -0.396 e. The Labute approximate surface area is 43.2 Å². The largest absolute Gasteiger partial charge is 0.396 e. The van der Waals surface area contributed by atoms with E-state index in [1.165, 1.54) is 0 Å². The van der Waals surface area contributed by atoms with Gasteiger partial charge in [0.05, 0.1) is 0 Å². The Morgan fingerprint density at radius 2 is 2.43 bits per heavy atom. The summed E-state index contributed by atoms with van der Waals surface area (Å²) < 4.78 is 0. The molecule has 0 aromatic heterocycles. The zero-order valence-corrected chi connectivity index (χ0v) is 4.13. The maximum atomic E-state index is 4.71. The first-order valence-corrected chi connectivity index (χ1v) is 2.45. The van der Waals surface area contributed by atoms with Gasteiger partial charge in [-0.3, -0.25) is 0 Å². The van der Waals surface area contributed by atoms with Gasteiger partial charge in [-0.15, -0.1) is 0 Å². The molecule has 0 spiro atoms. The quantitative estimate of drug-likeness (QED) is 0.442. The third kappa shape index (κ3) is 1.57. The Bertz CT molecular complexity index is 62.5. The van der Waals surface area contributed by atoms with Crippen molar-refractivity contribution in [3.63, 3.8) is 0 Å². The highest BCUT2D eigenvalue weighted by atomic mass is 16.6. The molecule has 0 bridgehead atoms. The summed E-state index contributed by atoms with van der Waals surface area (Å²) in [6, 6.07) is 0. The first-order chi connectivity index (χ1) is 3.50. The summed E-state index contributed by atoms with van der Waals surface area (Å²) in [4.78, 5) is 4.71. The second kappa shape index (κ2) is 2.61. The molecule has 0 atom stereocenters. The summed E-state index contributed by atoms with van der Waals surface area (Å²) >= 11 is 0. The van der Waals surface area contributed by atoms with Crippen LogP contribution in [-0.4, -0.2) is 12.8 Å². The zero-order valence-electron chi connectivity index (χ0n) is 4.13. The number of nitrogens with zero attached hydrogens (tertiary/aromatic N) is 1. The summed E-state index contributed by atoms with van der Waals surface area (Å²) in [5.41, 5.74) is 0. The first-order valence-electron chi connectivity index (χ1n) is 2.45. The molecule has 2 heteroatoms. The Kier molecular flexibility index (Phi) is 1.72. The van der Waals surface area contributed by atoms with Crippen LogP contribution in [0.4, 0.5) is 0 Å². The lowest BCUT2D eigenvalue weighted by Crippen LogP contribution is -1.82. The van der Waals surface area contributed by atoms with Gasteiger partial charge < -0.3 is 4.84 Å². The van der Waals surface area contributed by atoms with Gasteiger partial charge in [-0.2, -0.15) is 0 Å². The van der Waals surface area contributed by atoms with Crippen molar-refractivity contribution in [2.75, 3.05) is 6.61 Å². The third-order valence-corrected chi connectivity index (χ3v) is 0.841. The van der Waals surface area contributed by atoms with Crippen LogP contribution in [0.1, 0.15) is 12.8 Å². The first kappa shape index (κ1) is 4.62. The summed E-state index contributed by atoms with van der Waals surface area (Å²) in [6.45, 7) is 0.677. The molecule has 0 fully saturated rings. The van der Waals surface area contributed by atoms with Crippen molar-refractivity contribution in [1.29, 1.82) is 0 Å². The standard InChI is InChI=1S/C5H8NO/c1-2-4-6-7-5-3-1/h3-4H,1-2,5H2. The lowest BCUT2D eigenvalue weighted by atomic mass is 10.3. The molecule has 1 heterocycles. The van der Waals surface area contributed by atoms with Crippen molar-refractivity contribution in [2.45, 2.75) is 12.8 Å². The van der Waals surface area contributed by atoms with Crippen LogP contribution < -0.4 is 0 Å². The van der Waals surface area contributed by atoms with Crippen LogP contribution in [0.25, 0.3) is 0 Å². The lowest BCUT2D eigenvalue weighted by molar-refractivity contribution is 0.169. The van der Waals surface area contributed by atoms with Crippen molar-refractivity contribution in [3.05, 3.63) is 6.42 Å². The van der Waals surface area contributed by atoms with Crippen LogP contribution in [0.5, 0.6) is 0 Å². The van der Waals surface area contributed by atoms with Crippen molar-refractivity contribution < 1.29 is 4.84 Å². The van der Waals surface area contributed by atoms with E-state index in [9.17, 15) is 0 Å². The van der Waals surface area contributed by atoms with E-state index in [4.69, 9.17) is 4.84 Å². The Hall–Kier alpha value is -0.530. The van der Waals surface area contributed by atoms with Gasteiger partial charge in [0.2, 0.25) is 0 Å². The van der Waals surface area contributed by atoms with Crippen molar-refractivity contribution in [1.82, 2.24) is 0 Å². The highest BCUT2D eigenvalue weighted by Crippen LogP contribution is 1.96. The molecule has 0 aliphatic carbocycles. The SMILES string of the molecule is [CH]1CCC=NOC1. The van der Waals surface area contributed by atoms with E-state index in [0.29, 0.717) is 6.61 Å². The van der Waals surface area contributed by atoms with Gasteiger partial charge >= 0.3 is 0 Å². The molecule has 2 nitrogen and oxygen atoms in total. The zero-order chi connectivity index (χ0) is 4.95. The van der Waals surface area contributed by atoms with E-state index < -0.39 is 0 Å². The molecular weight excluding hydrogens is 90.1 g/mol. The fourth-order valence-electron chi connectivity index (χ4n) is 0.477. The second-order valence-electron chi connectivity index (χ2n) is 1.45. The molecule has 0 aromatic rings. The van der Waals surface area contributed by atoms with E-state index in [2.05, 4.69) is 11.6 Å². The molecule has 1 rings (SSSR count). The Morgan fingerprint density at radius 1 is 1.43 bits per heavy atom. The fourth-order valence-corrected chi connectivity index (χ4v) is 0.477. The van der Waals surface area contributed by atoms with E-state index in [-0.39, 0.29) is 0 Å². The van der Waals surface area contributed by atoms with E-state index in [1.54, 1.807) is 6.21 Å². The van der Waals surface area contributed by atoms with Crippen LogP contribution in [0, 0.1) is 6.42 Å². The summed E-state index contributed by atoms with van der Waals surface area (Å²) in [5, 5.41) is 3.61. The van der Waals surface area contributed by atoms with Gasteiger partial charge in [0.1, 0.15) is 6.61 Å². The molecule has 0 unspecified atom stereocenters. The van der Waals surface area contributed by atoms with Crippen molar-refractivity contribution in [3.8, 4) is 0 Å². The molecular formula is C5H8NO. The monoisotopic (exact) mass is 98.1 g/mol. The lowest BCUT2D eigenvalue weighted by Gasteiger charge is -1.88. The van der Waals surface area contributed by atoms with Crippen LogP contribution in [0.2, 0.25) is 0 Å². The van der Waals surface area contributed by atoms with Crippen molar-refractivity contribution in [2.24, 2.45) is 5.16 Å². The molecule has 39 valence electrons. The average Bonchev–Trinajstić information content (AvgIpc) is 1.90. The number of rotatable bonds is 0. The average molecular weight is 98.1 g/mol. The molecule has 0 saturated carbocycles. The molecule has 0 aromatic carbocycles. The topological polar surface area (TPSA) is 21.6 Å². The van der Waals surface area contributed by atoms with Gasteiger partial charge in [-0.05, 0) is 12.8 Å². The smallest absolute Gasteiger partial charge is 0.120 e. The van der Waals surface area contributed by atoms with Gasteiger partial charge in [-0.25, -0.2) is 0 Å². The highest BCUT2D eigenvalue weighted by Gasteiger charge is 1.90. The van der Waals surface area contributed by atoms with Gasteiger partial charge in [0.15, 0.2) is 0 Å². The molecule has 1 aliphatic heterocycles. The predicted molar refractivity (Wildman–Crippen MR) is 28.0 cm³/mol. The third-order valence-electron chi connectivity index (χ3n) is 0.841. The van der Waals surface area contributed by atoms with E-state index in [0.717, 1.165) is 12.8 Å². The predicted octanol–water partition coefficient (Wildman–Crippen LogP) is 0.987. The summed E-state index contributed by atoms with van der Waals surface area (Å²) in [6.07, 6.45) is 6.00. The van der Waals surface area contributed by atoms with Gasteiger partial charge in [0.25, 0.3) is 0 Å². The Balaban J connectivity index is 2.20. The molecule has 0 amide bonds. The maximum Gasteiger partial charge on any atom is 0.120 e. The van der Waals surface area contributed by atoms with Crippen LogP contribution in [0.3, 0.4) is 0 Å². The minimum atomic E-state index is 0.677. The molecule has 1 radical (unpaired) electrons. The van der Waals surface area contributed by atoms with Crippen LogP contribution in [-0.2, 0) is 4.84 Å². The molecule has 7 heavy (non-hydrogen) atoms. The van der Waals surface area contributed by atoms with Crippen molar-refractivity contribution >= 4 is 6.21 Å². The van der Waals surface area contributed by atoms with Gasteiger partial charge in [0, 0.05) is 12.6 Å². The normalized spacial score (nSPS) is 20.6. The number of hydrogen-bond acceptors (Lipinski definition) is 2. The number of oxime groups is 1. The highest BCUT2D eigenvalue weighted by molar-refractivity contribution is 5.56. The fraction of sp³-hybridized carbons (Fsp3) is 0.600. The Morgan fingerprint density at radius 3 is 3.43 bits per heavy atom. The summed E-state index contributed by atoms with van der Waals surface area (Å²) in [5.74, 6) is 0.